The minimum absolute atomic E-state index is 0.0889. The van der Waals surface area contributed by atoms with Crippen molar-refractivity contribution in [3.05, 3.63) is 83.4 Å². The number of fused-ring (bicyclic) bond motifs is 2. The Balaban J connectivity index is 2.27. The first-order valence-corrected chi connectivity index (χ1v) is 8.80. The van der Waals surface area contributed by atoms with E-state index in [2.05, 4.69) is 55.2 Å². The summed E-state index contributed by atoms with van der Waals surface area (Å²) in [6.45, 7) is 6.73. The summed E-state index contributed by atoms with van der Waals surface area (Å²) in [6.07, 6.45) is 5.35. The number of aryl methyl sites for hydroxylation is 2. The molecule has 2 aromatic rings. The summed E-state index contributed by atoms with van der Waals surface area (Å²) in [6, 6.07) is 16.8. The predicted molar refractivity (Wildman–Crippen MR) is 99.2 cm³/mol. The fourth-order valence-corrected chi connectivity index (χ4v) is 3.89. The largest absolute Gasteiger partial charge is 0.355 e. The molecule has 0 heterocycles. The Hall–Kier alpha value is -2.35. The molecule has 124 valence electrons. The van der Waals surface area contributed by atoms with Gasteiger partial charge in [-0.2, -0.15) is 0 Å². The smallest absolute Gasteiger partial charge is 0.235 e. The van der Waals surface area contributed by atoms with Gasteiger partial charge in [0.05, 0.1) is 0 Å². The van der Waals surface area contributed by atoms with Gasteiger partial charge in [0, 0.05) is 6.54 Å². The van der Waals surface area contributed by atoms with Gasteiger partial charge in [-0.1, -0.05) is 61.5 Å². The number of allylic oxidation sites excluding steroid dienone is 1. The average Bonchev–Trinajstić information content (AvgIpc) is 2.76. The predicted octanol–water partition coefficient (Wildman–Crippen LogP) is 4.17. The van der Waals surface area contributed by atoms with Crippen molar-refractivity contribution in [2.75, 3.05) is 6.54 Å². The highest BCUT2D eigenvalue weighted by molar-refractivity contribution is 5.93. The summed E-state index contributed by atoms with van der Waals surface area (Å²) in [5.74, 6) is 0.0889. The van der Waals surface area contributed by atoms with Gasteiger partial charge >= 0.3 is 0 Å². The second-order valence-electron chi connectivity index (χ2n) is 6.47. The van der Waals surface area contributed by atoms with Crippen LogP contribution in [0.15, 0.2) is 61.2 Å². The fraction of sp³-hybridized carbons (Fsp3) is 0.318. The molecule has 3 rings (SSSR count). The van der Waals surface area contributed by atoms with Gasteiger partial charge in [-0.25, -0.2) is 0 Å². The number of amides is 1. The Kier molecular flexibility index (Phi) is 4.84. The van der Waals surface area contributed by atoms with Crippen LogP contribution in [0.2, 0.25) is 0 Å². The van der Waals surface area contributed by atoms with Gasteiger partial charge in [0.25, 0.3) is 0 Å². The SMILES string of the molecule is C=CCC1(C(=O)NCCC)c2ccccc2CCc2ccccc21. The molecule has 0 aromatic heterocycles. The molecular weight excluding hydrogens is 294 g/mol. The van der Waals surface area contributed by atoms with E-state index in [1.165, 1.54) is 11.1 Å². The van der Waals surface area contributed by atoms with Crippen molar-refractivity contribution >= 4 is 5.91 Å². The van der Waals surface area contributed by atoms with Gasteiger partial charge in [0.2, 0.25) is 5.91 Å². The van der Waals surface area contributed by atoms with Crippen LogP contribution in [0.3, 0.4) is 0 Å². The van der Waals surface area contributed by atoms with E-state index < -0.39 is 5.41 Å². The molecule has 0 saturated carbocycles. The van der Waals surface area contributed by atoms with Crippen molar-refractivity contribution in [1.82, 2.24) is 5.32 Å². The lowest BCUT2D eigenvalue weighted by Crippen LogP contribution is -2.46. The standard InChI is InChI=1S/C22H25NO/c1-3-15-22(21(24)23-16-4-2)19-11-7-5-9-17(19)13-14-18-10-6-8-12-20(18)22/h3,5-12H,1,4,13-16H2,2H3,(H,23,24). The Morgan fingerprint density at radius 1 is 1.08 bits per heavy atom. The van der Waals surface area contributed by atoms with Crippen LogP contribution < -0.4 is 5.32 Å². The number of rotatable bonds is 5. The summed E-state index contributed by atoms with van der Waals surface area (Å²) >= 11 is 0. The minimum Gasteiger partial charge on any atom is -0.355 e. The molecule has 1 N–H and O–H groups in total. The molecule has 0 spiro atoms. The maximum Gasteiger partial charge on any atom is 0.235 e. The van der Waals surface area contributed by atoms with Crippen molar-refractivity contribution in [3.8, 4) is 0 Å². The molecule has 0 unspecified atom stereocenters. The van der Waals surface area contributed by atoms with Crippen LogP contribution in [0.25, 0.3) is 0 Å². The topological polar surface area (TPSA) is 29.1 Å². The van der Waals surface area contributed by atoms with E-state index in [4.69, 9.17) is 0 Å². The number of carbonyl (C=O) groups is 1. The molecule has 2 heteroatoms. The Labute approximate surface area is 144 Å². The molecule has 0 saturated heterocycles. The molecular formula is C22H25NO. The normalized spacial score (nSPS) is 14.9. The van der Waals surface area contributed by atoms with E-state index in [0.717, 1.165) is 30.4 Å². The highest BCUT2D eigenvalue weighted by atomic mass is 16.2. The maximum atomic E-state index is 13.4. The van der Waals surface area contributed by atoms with Crippen molar-refractivity contribution in [3.63, 3.8) is 0 Å². The first kappa shape index (κ1) is 16.5. The zero-order valence-corrected chi connectivity index (χ0v) is 14.3. The van der Waals surface area contributed by atoms with Crippen LogP contribution in [0, 0.1) is 0 Å². The summed E-state index contributed by atoms with van der Waals surface area (Å²) < 4.78 is 0. The van der Waals surface area contributed by atoms with E-state index in [0.29, 0.717) is 13.0 Å². The lowest BCUT2D eigenvalue weighted by molar-refractivity contribution is -0.125. The zero-order valence-electron chi connectivity index (χ0n) is 14.3. The second-order valence-corrected chi connectivity index (χ2v) is 6.47. The summed E-state index contributed by atoms with van der Waals surface area (Å²) in [5.41, 5.74) is 4.11. The van der Waals surface area contributed by atoms with Crippen LogP contribution in [0.5, 0.6) is 0 Å². The fourth-order valence-electron chi connectivity index (χ4n) is 3.89. The molecule has 1 aliphatic rings. The number of hydrogen-bond acceptors (Lipinski definition) is 1. The lowest BCUT2D eigenvalue weighted by atomic mass is 9.69. The molecule has 0 bridgehead atoms. The molecule has 0 aliphatic heterocycles. The highest BCUT2D eigenvalue weighted by Crippen LogP contribution is 2.42. The van der Waals surface area contributed by atoms with Crippen LogP contribution in [-0.2, 0) is 23.1 Å². The van der Waals surface area contributed by atoms with Crippen LogP contribution in [-0.4, -0.2) is 12.5 Å². The molecule has 24 heavy (non-hydrogen) atoms. The van der Waals surface area contributed by atoms with Gasteiger partial charge < -0.3 is 5.32 Å². The Morgan fingerprint density at radius 3 is 2.12 bits per heavy atom. The molecule has 0 fully saturated rings. The lowest BCUT2D eigenvalue weighted by Gasteiger charge is -2.34. The first-order valence-electron chi connectivity index (χ1n) is 8.80. The zero-order chi connectivity index (χ0) is 17.0. The second kappa shape index (κ2) is 7.04. The quantitative estimate of drug-likeness (QED) is 0.823. The number of carbonyl (C=O) groups excluding carboxylic acids is 1. The first-order chi connectivity index (χ1) is 11.7. The van der Waals surface area contributed by atoms with Crippen molar-refractivity contribution < 1.29 is 4.79 Å². The molecule has 1 aliphatic carbocycles. The van der Waals surface area contributed by atoms with Gasteiger partial charge in [-0.15, -0.1) is 6.58 Å². The van der Waals surface area contributed by atoms with E-state index in [1.54, 1.807) is 0 Å². The molecule has 0 radical (unpaired) electrons. The minimum atomic E-state index is -0.680. The summed E-state index contributed by atoms with van der Waals surface area (Å²) in [5, 5.41) is 3.15. The van der Waals surface area contributed by atoms with Crippen LogP contribution in [0.4, 0.5) is 0 Å². The van der Waals surface area contributed by atoms with E-state index >= 15 is 0 Å². The van der Waals surface area contributed by atoms with Gasteiger partial charge in [0.15, 0.2) is 0 Å². The van der Waals surface area contributed by atoms with Crippen LogP contribution in [0.1, 0.15) is 42.0 Å². The molecule has 0 atom stereocenters. The van der Waals surface area contributed by atoms with Crippen LogP contribution >= 0.6 is 0 Å². The van der Waals surface area contributed by atoms with E-state index in [9.17, 15) is 4.79 Å². The van der Waals surface area contributed by atoms with Gasteiger partial charge in [-0.3, -0.25) is 4.79 Å². The van der Waals surface area contributed by atoms with E-state index in [1.807, 2.05) is 18.2 Å². The summed E-state index contributed by atoms with van der Waals surface area (Å²) in [4.78, 5) is 13.4. The number of nitrogens with one attached hydrogen (secondary N) is 1. The molecule has 2 nitrogen and oxygen atoms in total. The van der Waals surface area contributed by atoms with Crippen molar-refractivity contribution in [2.24, 2.45) is 0 Å². The molecule has 1 amide bonds. The highest BCUT2D eigenvalue weighted by Gasteiger charge is 2.44. The average molecular weight is 319 g/mol. The monoisotopic (exact) mass is 319 g/mol. The van der Waals surface area contributed by atoms with Gasteiger partial charge in [-0.05, 0) is 47.9 Å². The van der Waals surface area contributed by atoms with Crippen molar-refractivity contribution in [2.45, 2.75) is 38.0 Å². The Bertz CT molecular complexity index is 700. The summed E-state index contributed by atoms with van der Waals surface area (Å²) in [7, 11) is 0. The third-order valence-electron chi connectivity index (χ3n) is 4.99. The third-order valence-corrected chi connectivity index (χ3v) is 4.99. The number of benzene rings is 2. The Morgan fingerprint density at radius 2 is 1.62 bits per heavy atom. The maximum absolute atomic E-state index is 13.4. The molecule has 2 aromatic carbocycles. The third kappa shape index (κ3) is 2.66. The van der Waals surface area contributed by atoms with Crippen molar-refractivity contribution in [1.29, 1.82) is 0 Å². The van der Waals surface area contributed by atoms with Gasteiger partial charge in [0.1, 0.15) is 5.41 Å². The number of hydrogen-bond donors (Lipinski definition) is 1. The van der Waals surface area contributed by atoms with E-state index in [-0.39, 0.29) is 5.91 Å².